The molecule has 0 saturated carbocycles. The van der Waals surface area contributed by atoms with E-state index in [2.05, 4.69) is 38.7 Å². The van der Waals surface area contributed by atoms with Crippen LogP contribution in [0, 0.1) is 20.8 Å². The van der Waals surface area contributed by atoms with E-state index in [0.29, 0.717) is 0 Å². The van der Waals surface area contributed by atoms with Crippen molar-refractivity contribution in [3.63, 3.8) is 0 Å². The van der Waals surface area contributed by atoms with Gasteiger partial charge in [0.1, 0.15) is 0 Å². The van der Waals surface area contributed by atoms with Crippen molar-refractivity contribution >= 4 is 0 Å². The molecule has 0 fully saturated rings. The Morgan fingerprint density at radius 2 is 1.62 bits per heavy atom. The van der Waals surface area contributed by atoms with E-state index in [-0.39, 0.29) is 0 Å². The van der Waals surface area contributed by atoms with Crippen molar-refractivity contribution in [1.29, 1.82) is 0 Å². The third kappa shape index (κ3) is 3.17. The Labute approximate surface area is 82.2 Å². The number of hydrogen-bond acceptors (Lipinski definition) is 1. The van der Waals surface area contributed by atoms with Gasteiger partial charge in [0.15, 0.2) is 0 Å². The van der Waals surface area contributed by atoms with Crippen molar-refractivity contribution in [2.24, 2.45) is 0 Å². The average molecular weight is 179 g/mol. The van der Waals surface area contributed by atoms with E-state index in [1.807, 2.05) is 13.8 Å². The van der Waals surface area contributed by atoms with Crippen molar-refractivity contribution in [3.05, 3.63) is 28.6 Å². The summed E-state index contributed by atoms with van der Waals surface area (Å²) >= 11 is 0. The Morgan fingerprint density at radius 3 is 2.08 bits per heavy atom. The Balaban J connectivity index is 0.000000671. The number of rotatable bonds is 1. The van der Waals surface area contributed by atoms with E-state index in [1.165, 1.54) is 16.8 Å². The van der Waals surface area contributed by atoms with Crippen LogP contribution in [0.4, 0.5) is 0 Å². The molecule has 0 atom stereocenters. The molecule has 1 heteroatoms. The molecule has 0 amide bonds. The van der Waals surface area contributed by atoms with Gasteiger partial charge in [-0.2, -0.15) is 0 Å². The lowest BCUT2D eigenvalue weighted by molar-refractivity contribution is 1.00. The number of hydrogen-bond donors (Lipinski definition) is 0. The van der Waals surface area contributed by atoms with Crippen LogP contribution < -0.4 is 0 Å². The molecule has 0 radical (unpaired) electrons. The molecule has 1 aromatic heterocycles. The van der Waals surface area contributed by atoms with Gasteiger partial charge in [-0.15, -0.1) is 0 Å². The summed E-state index contributed by atoms with van der Waals surface area (Å²) in [5.74, 6) is 0. The van der Waals surface area contributed by atoms with Crippen LogP contribution in [-0.2, 0) is 6.42 Å². The van der Waals surface area contributed by atoms with Crippen LogP contribution in [-0.4, -0.2) is 4.98 Å². The fourth-order valence-electron chi connectivity index (χ4n) is 1.24. The highest BCUT2D eigenvalue weighted by Gasteiger charge is 1.99. The summed E-state index contributed by atoms with van der Waals surface area (Å²) in [5.41, 5.74) is 5.00. The van der Waals surface area contributed by atoms with E-state index >= 15 is 0 Å². The summed E-state index contributed by atoms with van der Waals surface area (Å²) in [6, 6.07) is 2.23. The number of pyridine rings is 1. The van der Waals surface area contributed by atoms with Gasteiger partial charge >= 0.3 is 0 Å². The second kappa shape index (κ2) is 5.74. The average Bonchev–Trinajstić information content (AvgIpc) is 2.15. The Kier molecular flexibility index (Phi) is 5.36. The molecule has 0 N–H and O–H groups in total. The van der Waals surface area contributed by atoms with Gasteiger partial charge < -0.3 is 0 Å². The summed E-state index contributed by atoms with van der Waals surface area (Å²) in [6.07, 6.45) is 1.08. The monoisotopic (exact) mass is 179 g/mol. The van der Waals surface area contributed by atoms with Gasteiger partial charge in [-0.1, -0.05) is 26.8 Å². The summed E-state index contributed by atoms with van der Waals surface area (Å²) in [6.45, 7) is 12.4. The van der Waals surface area contributed by atoms with Crippen molar-refractivity contribution < 1.29 is 0 Å². The highest BCUT2D eigenvalue weighted by atomic mass is 14.7. The molecule has 13 heavy (non-hydrogen) atoms. The van der Waals surface area contributed by atoms with Crippen molar-refractivity contribution in [2.75, 3.05) is 0 Å². The third-order valence-corrected chi connectivity index (χ3v) is 2.14. The SMILES string of the molecule is CC.CCc1cc(C)c(C)nc1C. The standard InChI is InChI=1S/C10H15N.C2H6/c1-5-10-6-7(2)8(3)11-9(10)4;1-2/h6H,5H2,1-4H3;1-2H3. The summed E-state index contributed by atoms with van der Waals surface area (Å²) in [4.78, 5) is 4.44. The molecule has 1 aromatic rings. The lowest BCUT2D eigenvalue weighted by Crippen LogP contribution is -1.95. The molecule has 0 spiro atoms. The van der Waals surface area contributed by atoms with Crippen LogP contribution in [0.15, 0.2) is 6.07 Å². The minimum atomic E-state index is 1.08. The van der Waals surface area contributed by atoms with Crippen molar-refractivity contribution in [2.45, 2.75) is 48.0 Å². The van der Waals surface area contributed by atoms with Crippen LogP contribution in [0.3, 0.4) is 0 Å². The molecule has 1 rings (SSSR count). The molecule has 1 nitrogen and oxygen atoms in total. The predicted octanol–water partition coefficient (Wildman–Crippen LogP) is 3.60. The minimum absolute atomic E-state index is 1.08. The lowest BCUT2D eigenvalue weighted by Gasteiger charge is -2.05. The largest absolute Gasteiger partial charge is 0.258 e. The normalized spacial score (nSPS) is 9.08. The number of aryl methyl sites for hydroxylation is 4. The molecular weight excluding hydrogens is 158 g/mol. The van der Waals surface area contributed by atoms with Crippen LogP contribution in [0.5, 0.6) is 0 Å². The molecule has 0 aromatic carbocycles. The fraction of sp³-hybridized carbons (Fsp3) is 0.583. The number of nitrogens with zero attached hydrogens (tertiary/aromatic N) is 1. The molecule has 0 unspecified atom stereocenters. The van der Waals surface area contributed by atoms with E-state index in [9.17, 15) is 0 Å². The Bertz CT molecular complexity index is 264. The van der Waals surface area contributed by atoms with Gasteiger partial charge in [-0.05, 0) is 38.3 Å². The molecule has 0 bridgehead atoms. The lowest BCUT2D eigenvalue weighted by atomic mass is 10.1. The van der Waals surface area contributed by atoms with Crippen LogP contribution in [0.2, 0.25) is 0 Å². The summed E-state index contributed by atoms with van der Waals surface area (Å²) in [7, 11) is 0. The van der Waals surface area contributed by atoms with Gasteiger partial charge in [0.25, 0.3) is 0 Å². The molecule has 74 valence electrons. The number of aromatic nitrogens is 1. The molecule has 0 saturated heterocycles. The zero-order valence-electron chi connectivity index (χ0n) is 9.73. The molecule has 0 aliphatic carbocycles. The van der Waals surface area contributed by atoms with Gasteiger partial charge in [-0.25, -0.2) is 0 Å². The molecule has 1 heterocycles. The first-order chi connectivity index (χ1) is 6.15. The van der Waals surface area contributed by atoms with Gasteiger partial charge in [0.05, 0.1) is 0 Å². The first-order valence-electron chi connectivity index (χ1n) is 5.09. The highest BCUT2D eigenvalue weighted by molar-refractivity contribution is 5.28. The maximum Gasteiger partial charge on any atom is 0.0407 e. The summed E-state index contributed by atoms with van der Waals surface area (Å²) in [5, 5.41) is 0. The third-order valence-electron chi connectivity index (χ3n) is 2.14. The second-order valence-electron chi connectivity index (χ2n) is 2.99. The topological polar surface area (TPSA) is 12.9 Å². The van der Waals surface area contributed by atoms with Crippen LogP contribution >= 0.6 is 0 Å². The molecular formula is C12H21N. The van der Waals surface area contributed by atoms with Crippen LogP contribution in [0.25, 0.3) is 0 Å². The molecule has 0 aliphatic heterocycles. The van der Waals surface area contributed by atoms with Gasteiger partial charge in [0.2, 0.25) is 0 Å². The van der Waals surface area contributed by atoms with Gasteiger partial charge in [0, 0.05) is 11.4 Å². The van der Waals surface area contributed by atoms with Crippen LogP contribution in [0.1, 0.15) is 43.3 Å². The fourth-order valence-corrected chi connectivity index (χ4v) is 1.24. The Hall–Kier alpha value is -0.850. The molecule has 0 aliphatic rings. The van der Waals surface area contributed by atoms with Crippen molar-refractivity contribution in [3.8, 4) is 0 Å². The first-order valence-corrected chi connectivity index (χ1v) is 5.09. The van der Waals surface area contributed by atoms with Crippen molar-refractivity contribution in [1.82, 2.24) is 4.98 Å². The van der Waals surface area contributed by atoms with E-state index < -0.39 is 0 Å². The quantitative estimate of drug-likeness (QED) is 0.642. The predicted molar refractivity (Wildman–Crippen MR) is 59.2 cm³/mol. The Morgan fingerprint density at radius 1 is 1.08 bits per heavy atom. The van der Waals surface area contributed by atoms with Gasteiger partial charge in [-0.3, -0.25) is 4.98 Å². The smallest absolute Gasteiger partial charge is 0.0407 e. The highest BCUT2D eigenvalue weighted by Crippen LogP contribution is 2.11. The maximum absolute atomic E-state index is 4.44. The maximum atomic E-state index is 4.44. The van der Waals surface area contributed by atoms with E-state index in [0.717, 1.165) is 12.1 Å². The van der Waals surface area contributed by atoms with E-state index in [1.54, 1.807) is 0 Å². The zero-order chi connectivity index (χ0) is 10.4. The summed E-state index contributed by atoms with van der Waals surface area (Å²) < 4.78 is 0. The second-order valence-corrected chi connectivity index (χ2v) is 2.99. The first kappa shape index (κ1) is 12.2. The zero-order valence-corrected chi connectivity index (χ0v) is 9.73. The van der Waals surface area contributed by atoms with E-state index in [4.69, 9.17) is 0 Å². The minimum Gasteiger partial charge on any atom is -0.258 e.